The second kappa shape index (κ2) is 7.82. The number of terminal acetylenes is 1. The maximum atomic E-state index is 5.75. The molecule has 0 aromatic heterocycles. The minimum absolute atomic E-state index is 0.928. The van der Waals surface area contributed by atoms with Gasteiger partial charge in [-0.2, -0.15) is 0 Å². The molecule has 0 aliphatic carbocycles. The average Bonchev–Trinajstić information content (AvgIpc) is 2.75. The molecule has 0 saturated heterocycles. The molecule has 0 spiro atoms. The van der Waals surface area contributed by atoms with Crippen LogP contribution in [0.2, 0.25) is 0 Å². The Bertz CT molecular complexity index is 1240. The van der Waals surface area contributed by atoms with Crippen LogP contribution in [0.15, 0.2) is 84.9 Å². The van der Waals surface area contributed by atoms with Crippen molar-refractivity contribution < 1.29 is 0 Å². The van der Waals surface area contributed by atoms with Crippen molar-refractivity contribution in [2.24, 2.45) is 0 Å². The first-order chi connectivity index (χ1) is 14.1. The van der Waals surface area contributed by atoms with Gasteiger partial charge in [-0.25, -0.2) is 0 Å². The van der Waals surface area contributed by atoms with Crippen molar-refractivity contribution in [3.63, 3.8) is 0 Å². The van der Waals surface area contributed by atoms with E-state index in [1.54, 1.807) is 0 Å². The maximum absolute atomic E-state index is 5.75. The van der Waals surface area contributed by atoms with Gasteiger partial charge in [0.2, 0.25) is 0 Å². The van der Waals surface area contributed by atoms with Crippen LogP contribution in [0.25, 0.3) is 33.4 Å². The van der Waals surface area contributed by atoms with E-state index < -0.39 is 0 Å². The van der Waals surface area contributed by atoms with E-state index in [9.17, 15) is 0 Å². The van der Waals surface area contributed by atoms with E-state index >= 15 is 0 Å². The Hall–Kier alpha value is -3.56. The molecule has 0 unspecified atom stereocenters. The molecule has 0 saturated carbocycles. The molecule has 4 aromatic rings. The topological polar surface area (TPSA) is 0 Å². The van der Waals surface area contributed by atoms with Crippen LogP contribution in [-0.2, 0) is 0 Å². The Morgan fingerprint density at radius 2 is 1.00 bits per heavy atom. The van der Waals surface area contributed by atoms with Gasteiger partial charge < -0.3 is 0 Å². The lowest BCUT2D eigenvalue weighted by atomic mass is 9.90. The summed E-state index contributed by atoms with van der Waals surface area (Å²) < 4.78 is 0. The lowest BCUT2D eigenvalue weighted by Gasteiger charge is -2.14. The number of benzene rings is 4. The van der Waals surface area contributed by atoms with Gasteiger partial charge in [0.1, 0.15) is 0 Å². The van der Waals surface area contributed by atoms with Crippen molar-refractivity contribution in [2.75, 3.05) is 0 Å². The van der Waals surface area contributed by atoms with Crippen LogP contribution in [0, 0.1) is 33.1 Å². The second-order valence-electron chi connectivity index (χ2n) is 7.56. The predicted octanol–water partition coefficient (Wildman–Crippen LogP) is 7.59. The van der Waals surface area contributed by atoms with E-state index in [1.807, 2.05) is 18.2 Å². The van der Waals surface area contributed by atoms with Crippen molar-refractivity contribution in [1.82, 2.24) is 0 Å². The normalized spacial score (nSPS) is 10.6. The van der Waals surface area contributed by atoms with Crippen molar-refractivity contribution in [3.8, 4) is 45.7 Å². The maximum Gasteiger partial charge on any atom is 0.0321 e. The van der Waals surface area contributed by atoms with E-state index in [-0.39, 0.29) is 0 Å². The van der Waals surface area contributed by atoms with Crippen LogP contribution in [0.3, 0.4) is 0 Å². The fraction of sp³-hybridized carbons (Fsp3) is 0.103. The summed E-state index contributed by atoms with van der Waals surface area (Å²) in [7, 11) is 0. The smallest absolute Gasteiger partial charge is 0.0321 e. The monoisotopic (exact) mass is 372 g/mol. The van der Waals surface area contributed by atoms with Crippen LogP contribution in [0.5, 0.6) is 0 Å². The van der Waals surface area contributed by atoms with Gasteiger partial charge in [-0.05, 0) is 89.0 Å². The highest BCUT2D eigenvalue weighted by Gasteiger charge is 2.11. The summed E-state index contributed by atoms with van der Waals surface area (Å²) in [4.78, 5) is 0. The SMILES string of the molecule is C#Cc1ccccc1-c1cc(-c2ccc(C)c(-c3ccccc3C)c2)ccc1C. The Kier molecular flexibility index (Phi) is 5.07. The second-order valence-corrected chi connectivity index (χ2v) is 7.56. The van der Waals surface area contributed by atoms with E-state index in [1.165, 1.54) is 44.5 Å². The summed E-state index contributed by atoms with van der Waals surface area (Å²) in [5, 5.41) is 0. The summed E-state index contributed by atoms with van der Waals surface area (Å²) in [6.07, 6.45) is 5.75. The molecular formula is C29H24. The molecule has 0 amide bonds. The molecule has 0 atom stereocenters. The first-order valence-electron chi connectivity index (χ1n) is 9.92. The lowest BCUT2D eigenvalue weighted by Crippen LogP contribution is -1.91. The van der Waals surface area contributed by atoms with E-state index in [0.717, 1.165) is 11.1 Å². The number of hydrogen-bond donors (Lipinski definition) is 0. The summed E-state index contributed by atoms with van der Waals surface area (Å²) >= 11 is 0. The highest BCUT2D eigenvalue weighted by atomic mass is 14.1. The molecule has 0 heterocycles. The zero-order valence-electron chi connectivity index (χ0n) is 17.2. The third kappa shape index (κ3) is 3.60. The molecule has 0 bridgehead atoms. The average molecular weight is 373 g/mol. The minimum atomic E-state index is 0.928. The number of aryl methyl sites for hydroxylation is 3. The molecular weight excluding hydrogens is 348 g/mol. The summed E-state index contributed by atoms with van der Waals surface area (Å²) in [6, 6.07) is 30.1. The molecule has 0 fully saturated rings. The van der Waals surface area contributed by atoms with Gasteiger partial charge in [-0.1, -0.05) is 72.7 Å². The van der Waals surface area contributed by atoms with Crippen LogP contribution in [0.4, 0.5) is 0 Å². The molecule has 29 heavy (non-hydrogen) atoms. The van der Waals surface area contributed by atoms with E-state index in [4.69, 9.17) is 6.42 Å². The van der Waals surface area contributed by atoms with Crippen molar-refractivity contribution >= 4 is 0 Å². The van der Waals surface area contributed by atoms with Gasteiger partial charge in [0.05, 0.1) is 0 Å². The third-order valence-electron chi connectivity index (χ3n) is 5.62. The lowest BCUT2D eigenvalue weighted by molar-refractivity contribution is 1.40. The fourth-order valence-corrected chi connectivity index (χ4v) is 3.90. The zero-order valence-corrected chi connectivity index (χ0v) is 17.2. The third-order valence-corrected chi connectivity index (χ3v) is 5.62. The molecule has 0 nitrogen and oxygen atoms in total. The Morgan fingerprint density at radius 3 is 1.59 bits per heavy atom. The van der Waals surface area contributed by atoms with Crippen LogP contribution >= 0.6 is 0 Å². The van der Waals surface area contributed by atoms with Crippen LogP contribution in [-0.4, -0.2) is 0 Å². The van der Waals surface area contributed by atoms with Gasteiger partial charge in [-0.3, -0.25) is 0 Å². The molecule has 0 aliphatic heterocycles. The molecule has 4 aromatic carbocycles. The number of hydrogen-bond acceptors (Lipinski definition) is 0. The quantitative estimate of drug-likeness (QED) is 0.325. The zero-order chi connectivity index (χ0) is 20.4. The summed E-state index contributed by atoms with van der Waals surface area (Å²) in [6.45, 7) is 6.48. The van der Waals surface area contributed by atoms with Gasteiger partial charge >= 0.3 is 0 Å². The van der Waals surface area contributed by atoms with Crippen molar-refractivity contribution in [2.45, 2.75) is 20.8 Å². The molecule has 0 N–H and O–H groups in total. The van der Waals surface area contributed by atoms with E-state index in [2.05, 4.69) is 93.4 Å². The molecule has 0 heteroatoms. The molecule has 4 rings (SSSR count). The van der Waals surface area contributed by atoms with Gasteiger partial charge in [-0.15, -0.1) is 6.42 Å². The largest absolute Gasteiger partial charge is 0.115 e. The van der Waals surface area contributed by atoms with Crippen LogP contribution < -0.4 is 0 Å². The standard InChI is InChI=1S/C29H24/c1-5-23-11-7-9-13-27(23)29-19-25(17-15-22(29)4)24-16-14-21(3)28(18-24)26-12-8-6-10-20(26)2/h1,6-19H,2-4H3. The predicted molar refractivity (Wildman–Crippen MR) is 125 cm³/mol. The highest BCUT2D eigenvalue weighted by molar-refractivity contribution is 5.81. The highest BCUT2D eigenvalue weighted by Crippen LogP contribution is 2.34. The first kappa shape index (κ1) is 18.8. The van der Waals surface area contributed by atoms with Gasteiger partial charge in [0.15, 0.2) is 0 Å². The van der Waals surface area contributed by atoms with Crippen LogP contribution in [0.1, 0.15) is 22.3 Å². The Morgan fingerprint density at radius 1 is 0.517 bits per heavy atom. The Labute approximate surface area is 173 Å². The molecule has 140 valence electrons. The minimum Gasteiger partial charge on any atom is -0.115 e. The fourth-order valence-electron chi connectivity index (χ4n) is 3.90. The van der Waals surface area contributed by atoms with Crippen molar-refractivity contribution in [3.05, 3.63) is 107 Å². The molecule has 0 radical (unpaired) electrons. The van der Waals surface area contributed by atoms with E-state index in [0.29, 0.717) is 0 Å². The Balaban J connectivity index is 1.86. The first-order valence-corrected chi connectivity index (χ1v) is 9.92. The van der Waals surface area contributed by atoms with Gasteiger partial charge in [0, 0.05) is 5.56 Å². The summed E-state index contributed by atoms with van der Waals surface area (Å²) in [5.74, 6) is 2.82. The molecule has 0 aliphatic rings. The number of rotatable bonds is 3. The van der Waals surface area contributed by atoms with Crippen molar-refractivity contribution in [1.29, 1.82) is 0 Å². The summed E-state index contributed by atoms with van der Waals surface area (Å²) in [5.41, 5.74) is 12.0. The van der Waals surface area contributed by atoms with Gasteiger partial charge in [0.25, 0.3) is 0 Å².